The van der Waals surface area contributed by atoms with Crippen molar-refractivity contribution < 1.29 is 14.6 Å². The van der Waals surface area contributed by atoms with Crippen LogP contribution in [0.25, 0.3) is 16.9 Å². The zero-order valence-corrected chi connectivity index (χ0v) is 14.6. The van der Waals surface area contributed by atoms with Crippen molar-refractivity contribution in [3.8, 4) is 11.3 Å². The van der Waals surface area contributed by atoms with Crippen molar-refractivity contribution in [1.29, 1.82) is 0 Å². The summed E-state index contributed by atoms with van der Waals surface area (Å²) in [5, 5.41) is 10.3. The Kier molecular flexibility index (Phi) is 3.96. The smallest absolute Gasteiger partial charge is 0.358 e. The van der Waals surface area contributed by atoms with Gasteiger partial charge in [0.15, 0.2) is 17.2 Å². The van der Waals surface area contributed by atoms with E-state index in [0.717, 1.165) is 22.4 Å². The Morgan fingerprint density at radius 1 is 1.36 bits per heavy atom. The molecule has 130 valence electrons. The molecule has 2 heterocycles. The number of carbonyl (C=O) groups is 1. The van der Waals surface area contributed by atoms with Crippen molar-refractivity contribution in [3.05, 3.63) is 47.4 Å². The quantitative estimate of drug-likeness (QED) is 0.709. The van der Waals surface area contributed by atoms with E-state index in [-0.39, 0.29) is 11.5 Å². The molecule has 0 aliphatic heterocycles. The van der Waals surface area contributed by atoms with Gasteiger partial charge in [-0.05, 0) is 38.0 Å². The van der Waals surface area contributed by atoms with Crippen molar-refractivity contribution in [3.63, 3.8) is 0 Å². The van der Waals surface area contributed by atoms with Crippen molar-refractivity contribution in [1.82, 2.24) is 14.4 Å². The summed E-state index contributed by atoms with van der Waals surface area (Å²) in [5.41, 5.74) is 8.93. The summed E-state index contributed by atoms with van der Waals surface area (Å²) in [6.45, 7) is 5.43. The number of hydrogen-bond donors (Lipinski definition) is 2. The fraction of sp³-hybridized carbons (Fsp3) is 0.278. The van der Waals surface area contributed by atoms with Crippen LogP contribution in [0.3, 0.4) is 0 Å². The summed E-state index contributed by atoms with van der Waals surface area (Å²) in [4.78, 5) is 20.2. The highest BCUT2D eigenvalue weighted by Gasteiger charge is 2.20. The first-order chi connectivity index (χ1) is 11.7. The minimum Gasteiger partial charge on any atom is -0.464 e. The van der Waals surface area contributed by atoms with E-state index in [1.165, 1.54) is 7.11 Å². The molecule has 3 N–H and O–H groups in total. The lowest BCUT2D eigenvalue weighted by Crippen LogP contribution is -2.15. The molecule has 0 amide bonds. The molecule has 0 unspecified atom stereocenters. The first-order valence-corrected chi connectivity index (χ1v) is 7.78. The number of aryl methyl sites for hydroxylation is 1. The van der Waals surface area contributed by atoms with Gasteiger partial charge in [-0.3, -0.25) is 4.40 Å². The average molecular weight is 340 g/mol. The first kappa shape index (κ1) is 16.9. The molecule has 0 bridgehead atoms. The van der Waals surface area contributed by atoms with E-state index < -0.39 is 11.6 Å². The third-order valence-corrected chi connectivity index (χ3v) is 4.13. The molecule has 0 aliphatic carbocycles. The van der Waals surface area contributed by atoms with E-state index in [2.05, 4.69) is 9.97 Å². The highest BCUT2D eigenvalue weighted by atomic mass is 16.5. The molecule has 2 aromatic heterocycles. The number of methoxy groups -OCH3 is 1. The summed E-state index contributed by atoms with van der Waals surface area (Å²) in [6, 6.07) is 5.73. The van der Waals surface area contributed by atoms with Gasteiger partial charge in [-0.2, -0.15) is 0 Å². The molecule has 3 aromatic rings. The summed E-state index contributed by atoms with van der Waals surface area (Å²) < 4.78 is 6.44. The van der Waals surface area contributed by atoms with Crippen molar-refractivity contribution in [2.75, 3.05) is 12.8 Å². The number of nitrogen functional groups attached to an aromatic ring is 1. The minimum absolute atomic E-state index is 0.100. The van der Waals surface area contributed by atoms with Crippen LogP contribution in [0.15, 0.2) is 30.6 Å². The number of anilines is 1. The maximum absolute atomic E-state index is 11.8. The molecular weight excluding hydrogens is 320 g/mol. The van der Waals surface area contributed by atoms with Crippen LogP contribution in [0, 0.1) is 6.92 Å². The predicted molar refractivity (Wildman–Crippen MR) is 94.2 cm³/mol. The second kappa shape index (κ2) is 5.86. The van der Waals surface area contributed by atoms with E-state index in [9.17, 15) is 9.90 Å². The summed E-state index contributed by atoms with van der Waals surface area (Å²) in [6.07, 6.45) is 3.22. The zero-order valence-electron chi connectivity index (χ0n) is 14.6. The Balaban J connectivity index is 2.26. The molecule has 0 fully saturated rings. The Bertz CT molecular complexity index is 970. The van der Waals surface area contributed by atoms with Gasteiger partial charge >= 0.3 is 5.97 Å². The second-order valence-electron chi connectivity index (χ2n) is 6.43. The Labute approximate surface area is 145 Å². The Hall–Kier alpha value is -2.93. The van der Waals surface area contributed by atoms with Crippen LogP contribution in [0.2, 0.25) is 0 Å². The van der Waals surface area contributed by atoms with Gasteiger partial charge in [0.2, 0.25) is 0 Å². The van der Waals surface area contributed by atoms with Crippen LogP contribution in [-0.2, 0) is 10.3 Å². The maximum atomic E-state index is 11.8. The van der Waals surface area contributed by atoms with Crippen molar-refractivity contribution >= 4 is 17.4 Å². The third kappa shape index (κ3) is 2.94. The van der Waals surface area contributed by atoms with Crippen LogP contribution in [0.5, 0.6) is 0 Å². The zero-order chi connectivity index (χ0) is 18.4. The average Bonchev–Trinajstić information content (AvgIpc) is 2.97. The van der Waals surface area contributed by atoms with Gasteiger partial charge in [-0.25, -0.2) is 14.8 Å². The number of nitrogens with two attached hydrogens (primary N) is 1. The number of aromatic nitrogens is 3. The van der Waals surface area contributed by atoms with E-state index in [1.54, 1.807) is 30.6 Å². The molecule has 0 radical (unpaired) electrons. The maximum Gasteiger partial charge on any atom is 0.358 e. The number of hydrogen-bond acceptors (Lipinski definition) is 6. The van der Waals surface area contributed by atoms with Gasteiger partial charge in [0, 0.05) is 11.8 Å². The highest BCUT2D eigenvalue weighted by molar-refractivity contribution is 5.88. The lowest BCUT2D eigenvalue weighted by molar-refractivity contribution is 0.0593. The number of benzene rings is 1. The van der Waals surface area contributed by atoms with Gasteiger partial charge < -0.3 is 15.6 Å². The standard InChI is InChI=1S/C18H20N4O3/c1-10-5-6-11(18(2,3)24)7-12(10)14-8-20-16-15(19)21-13(9-22(14)16)17(23)25-4/h5-9,24H,1-4H3,(H2,19,21). The molecule has 0 atom stereocenters. The van der Waals surface area contributed by atoms with Gasteiger partial charge in [0.05, 0.1) is 24.6 Å². The van der Waals surface area contributed by atoms with Crippen LogP contribution < -0.4 is 5.73 Å². The van der Waals surface area contributed by atoms with Crippen molar-refractivity contribution in [2.45, 2.75) is 26.4 Å². The van der Waals surface area contributed by atoms with Gasteiger partial charge in [-0.1, -0.05) is 12.1 Å². The number of esters is 1. The summed E-state index contributed by atoms with van der Waals surface area (Å²) >= 11 is 0. The SMILES string of the molecule is COC(=O)c1cn2c(-c3cc(C(C)(C)O)ccc3C)cnc2c(N)n1. The van der Waals surface area contributed by atoms with E-state index >= 15 is 0 Å². The molecule has 0 aliphatic rings. The normalized spacial score (nSPS) is 11.7. The van der Waals surface area contributed by atoms with Gasteiger partial charge in [-0.15, -0.1) is 0 Å². The van der Waals surface area contributed by atoms with E-state index in [4.69, 9.17) is 10.5 Å². The lowest BCUT2D eigenvalue weighted by atomic mass is 9.93. The highest BCUT2D eigenvalue weighted by Crippen LogP contribution is 2.30. The monoisotopic (exact) mass is 340 g/mol. The Morgan fingerprint density at radius 3 is 2.72 bits per heavy atom. The molecule has 0 saturated heterocycles. The van der Waals surface area contributed by atoms with Crippen LogP contribution in [-0.4, -0.2) is 32.6 Å². The number of ether oxygens (including phenoxy) is 1. The molecule has 1 aromatic carbocycles. The number of nitrogens with zero attached hydrogens (tertiary/aromatic N) is 3. The number of fused-ring (bicyclic) bond motifs is 1. The first-order valence-electron chi connectivity index (χ1n) is 7.78. The molecule has 0 spiro atoms. The fourth-order valence-electron chi connectivity index (χ4n) is 2.69. The second-order valence-corrected chi connectivity index (χ2v) is 6.43. The third-order valence-electron chi connectivity index (χ3n) is 4.13. The van der Waals surface area contributed by atoms with Crippen LogP contribution in [0.1, 0.15) is 35.5 Å². The van der Waals surface area contributed by atoms with Crippen LogP contribution in [0.4, 0.5) is 5.82 Å². The Morgan fingerprint density at radius 2 is 2.08 bits per heavy atom. The minimum atomic E-state index is -0.972. The largest absolute Gasteiger partial charge is 0.464 e. The summed E-state index contributed by atoms with van der Waals surface area (Å²) in [5.74, 6) is -0.430. The number of imidazole rings is 1. The van der Waals surface area contributed by atoms with E-state index in [0.29, 0.717) is 5.65 Å². The predicted octanol–water partition coefficient (Wildman–Crippen LogP) is 2.30. The fourth-order valence-corrected chi connectivity index (χ4v) is 2.69. The topological polar surface area (TPSA) is 103 Å². The summed E-state index contributed by atoms with van der Waals surface area (Å²) in [7, 11) is 1.29. The van der Waals surface area contributed by atoms with E-state index in [1.807, 2.05) is 25.1 Å². The molecule has 0 saturated carbocycles. The number of aliphatic hydroxyl groups is 1. The molecule has 25 heavy (non-hydrogen) atoms. The van der Waals surface area contributed by atoms with Gasteiger partial charge in [0.1, 0.15) is 0 Å². The molecular formula is C18H20N4O3. The lowest BCUT2D eigenvalue weighted by Gasteiger charge is -2.19. The van der Waals surface area contributed by atoms with Gasteiger partial charge in [0.25, 0.3) is 0 Å². The van der Waals surface area contributed by atoms with Crippen LogP contribution >= 0.6 is 0 Å². The number of rotatable bonds is 3. The molecule has 7 heteroatoms. The number of carbonyl (C=O) groups excluding carboxylic acids is 1. The molecule has 7 nitrogen and oxygen atoms in total. The van der Waals surface area contributed by atoms with Crippen molar-refractivity contribution in [2.24, 2.45) is 0 Å². The molecule has 3 rings (SSSR count).